The number of carbonyl (C=O) groups is 1. The highest BCUT2D eigenvalue weighted by atomic mass is 16.5. The van der Waals surface area contributed by atoms with Crippen LogP contribution < -0.4 is 4.90 Å². The monoisotopic (exact) mass is 249 g/mol. The number of anilines is 1. The van der Waals surface area contributed by atoms with Crippen LogP contribution in [0.15, 0.2) is 18.2 Å². The average Bonchev–Trinajstić information content (AvgIpc) is 2.29. The number of aryl methyl sites for hydroxylation is 1. The smallest absolute Gasteiger partial charge is 0.325 e. The van der Waals surface area contributed by atoms with Crippen LogP contribution in [0.4, 0.5) is 5.69 Å². The van der Waals surface area contributed by atoms with E-state index in [1.165, 1.54) is 11.1 Å². The molecule has 0 spiro atoms. The summed E-state index contributed by atoms with van der Waals surface area (Å²) < 4.78 is 4.97. The van der Waals surface area contributed by atoms with Gasteiger partial charge in [0.05, 0.1) is 6.61 Å². The average molecular weight is 249 g/mol. The Hall–Kier alpha value is -1.51. The van der Waals surface area contributed by atoms with Crippen LogP contribution in [-0.2, 0) is 9.53 Å². The first-order chi connectivity index (χ1) is 8.45. The van der Waals surface area contributed by atoms with Crippen molar-refractivity contribution >= 4 is 11.7 Å². The molecule has 0 atom stereocenters. The van der Waals surface area contributed by atoms with E-state index in [0.29, 0.717) is 12.5 Å². The van der Waals surface area contributed by atoms with E-state index in [1.807, 2.05) is 18.9 Å². The number of nitrogens with zero attached hydrogens (tertiary/aromatic N) is 1. The molecule has 1 aromatic carbocycles. The van der Waals surface area contributed by atoms with Crippen molar-refractivity contribution in [3.8, 4) is 0 Å². The van der Waals surface area contributed by atoms with Gasteiger partial charge in [0, 0.05) is 12.7 Å². The van der Waals surface area contributed by atoms with Crippen LogP contribution in [0.25, 0.3) is 0 Å². The maximum Gasteiger partial charge on any atom is 0.325 e. The first-order valence-electron chi connectivity index (χ1n) is 6.43. The summed E-state index contributed by atoms with van der Waals surface area (Å²) in [5, 5.41) is 0. The number of esters is 1. The fourth-order valence-electron chi connectivity index (χ4n) is 1.88. The molecule has 18 heavy (non-hydrogen) atoms. The maximum atomic E-state index is 11.5. The van der Waals surface area contributed by atoms with Gasteiger partial charge in [0.25, 0.3) is 0 Å². The fourth-order valence-corrected chi connectivity index (χ4v) is 1.88. The maximum absolute atomic E-state index is 11.5. The van der Waals surface area contributed by atoms with Gasteiger partial charge in [-0.15, -0.1) is 0 Å². The molecule has 0 bridgehead atoms. The molecule has 0 aliphatic rings. The minimum Gasteiger partial charge on any atom is -0.465 e. The van der Waals surface area contributed by atoms with E-state index in [1.54, 1.807) is 0 Å². The second-order valence-electron chi connectivity index (χ2n) is 4.86. The summed E-state index contributed by atoms with van der Waals surface area (Å²) >= 11 is 0. The second-order valence-corrected chi connectivity index (χ2v) is 4.86. The van der Waals surface area contributed by atoms with E-state index in [2.05, 4.69) is 39.0 Å². The first kappa shape index (κ1) is 14.6. The number of carbonyl (C=O) groups excluding carboxylic acids is 1. The molecule has 0 fully saturated rings. The van der Waals surface area contributed by atoms with Gasteiger partial charge in [-0.3, -0.25) is 4.79 Å². The zero-order valence-electron chi connectivity index (χ0n) is 12.0. The van der Waals surface area contributed by atoms with Crippen molar-refractivity contribution in [3.63, 3.8) is 0 Å². The van der Waals surface area contributed by atoms with Crippen LogP contribution in [-0.4, -0.2) is 26.2 Å². The number of likely N-dealkylation sites (N-methyl/N-ethyl adjacent to an activating group) is 1. The van der Waals surface area contributed by atoms with Crippen LogP contribution in [0.5, 0.6) is 0 Å². The summed E-state index contributed by atoms with van der Waals surface area (Å²) in [6, 6.07) is 6.40. The lowest BCUT2D eigenvalue weighted by Gasteiger charge is -2.22. The van der Waals surface area contributed by atoms with Crippen molar-refractivity contribution in [2.24, 2.45) is 0 Å². The number of ether oxygens (including phenoxy) is 1. The molecular formula is C15H23NO2. The predicted molar refractivity (Wildman–Crippen MR) is 75.2 cm³/mol. The second kappa shape index (κ2) is 6.43. The molecule has 0 saturated heterocycles. The van der Waals surface area contributed by atoms with Gasteiger partial charge in [0.15, 0.2) is 0 Å². The quantitative estimate of drug-likeness (QED) is 0.751. The third-order valence-corrected chi connectivity index (χ3v) is 2.98. The molecule has 0 aliphatic carbocycles. The largest absolute Gasteiger partial charge is 0.465 e. The van der Waals surface area contributed by atoms with Crippen LogP contribution in [0.2, 0.25) is 0 Å². The molecule has 3 heteroatoms. The van der Waals surface area contributed by atoms with Gasteiger partial charge >= 0.3 is 5.97 Å². The SMILES string of the molecule is CCOC(=O)CN(C)c1cc(C(C)C)ccc1C. The Morgan fingerprint density at radius 2 is 2.06 bits per heavy atom. The zero-order valence-corrected chi connectivity index (χ0v) is 12.0. The van der Waals surface area contributed by atoms with Gasteiger partial charge in [0.1, 0.15) is 6.54 Å². The number of hydrogen-bond acceptors (Lipinski definition) is 3. The van der Waals surface area contributed by atoms with Crippen molar-refractivity contribution in [2.75, 3.05) is 25.1 Å². The lowest BCUT2D eigenvalue weighted by Crippen LogP contribution is -2.27. The molecule has 1 rings (SSSR count). The fraction of sp³-hybridized carbons (Fsp3) is 0.533. The van der Waals surface area contributed by atoms with Gasteiger partial charge in [-0.25, -0.2) is 0 Å². The Morgan fingerprint density at radius 1 is 1.39 bits per heavy atom. The molecule has 0 amide bonds. The third kappa shape index (κ3) is 3.76. The Balaban J connectivity index is 2.87. The number of rotatable bonds is 5. The highest BCUT2D eigenvalue weighted by Crippen LogP contribution is 2.24. The van der Waals surface area contributed by atoms with Gasteiger partial charge in [0.2, 0.25) is 0 Å². The van der Waals surface area contributed by atoms with Crippen molar-refractivity contribution < 1.29 is 9.53 Å². The molecule has 0 heterocycles. The van der Waals surface area contributed by atoms with E-state index in [0.717, 1.165) is 5.69 Å². The number of benzene rings is 1. The van der Waals surface area contributed by atoms with Gasteiger partial charge < -0.3 is 9.64 Å². The summed E-state index contributed by atoms with van der Waals surface area (Å²) in [6.45, 7) is 8.93. The summed E-state index contributed by atoms with van der Waals surface area (Å²) in [7, 11) is 1.92. The zero-order chi connectivity index (χ0) is 13.7. The highest BCUT2D eigenvalue weighted by Gasteiger charge is 2.11. The number of hydrogen-bond donors (Lipinski definition) is 0. The lowest BCUT2D eigenvalue weighted by atomic mass is 10.0. The predicted octanol–water partition coefficient (Wildman–Crippen LogP) is 3.12. The topological polar surface area (TPSA) is 29.5 Å². The molecule has 1 aromatic rings. The highest BCUT2D eigenvalue weighted by molar-refractivity contribution is 5.76. The molecule has 0 unspecified atom stereocenters. The van der Waals surface area contributed by atoms with Crippen LogP contribution >= 0.6 is 0 Å². The summed E-state index contributed by atoms with van der Waals surface area (Å²) in [4.78, 5) is 13.4. The van der Waals surface area contributed by atoms with E-state index in [-0.39, 0.29) is 12.5 Å². The van der Waals surface area contributed by atoms with E-state index < -0.39 is 0 Å². The van der Waals surface area contributed by atoms with Gasteiger partial charge in [-0.2, -0.15) is 0 Å². The van der Waals surface area contributed by atoms with E-state index >= 15 is 0 Å². The minimum atomic E-state index is -0.186. The Morgan fingerprint density at radius 3 is 2.61 bits per heavy atom. The standard InChI is InChI=1S/C15H23NO2/c1-6-18-15(17)10-16(5)14-9-13(11(2)3)8-7-12(14)4/h7-9,11H,6,10H2,1-5H3. The normalized spacial score (nSPS) is 10.6. The molecule has 3 nitrogen and oxygen atoms in total. The van der Waals surface area contributed by atoms with Gasteiger partial charge in [-0.1, -0.05) is 26.0 Å². The van der Waals surface area contributed by atoms with E-state index in [4.69, 9.17) is 4.74 Å². The van der Waals surface area contributed by atoms with Crippen LogP contribution in [0.3, 0.4) is 0 Å². The van der Waals surface area contributed by atoms with Crippen molar-refractivity contribution in [2.45, 2.75) is 33.6 Å². The Labute approximate surface area is 110 Å². The van der Waals surface area contributed by atoms with Crippen molar-refractivity contribution in [3.05, 3.63) is 29.3 Å². The molecular weight excluding hydrogens is 226 g/mol. The molecule has 0 aliphatic heterocycles. The summed E-state index contributed by atoms with van der Waals surface area (Å²) in [6.07, 6.45) is 0. The lowest BCUT2D eigenvalue weighted by molar-refractivity contribution is -0.141. The van der Waals surface area contributed by atoms with E-state index in [9.17, 15) is 4.79 Å². The first-order valence-corrected chi connectivity index (χ1v) is 6.43. The Kier molecular flexibility index (Phi) is 5.20. The Bertz CT molecular complexity index is 413. The van der Waals surface area contributed by atoms with Crippen molar-refractivity contribution in [1.82, 2.24) is 0 Å². The molecule has 0 aromatic heterocycles. The summed E-state index contributed by atoms with van der Waals surface area (Å²) in [5.41, 5.74) is 3.55. The molecule has 0 saturated carbocycles. The van der Waals surface area contributed by atoms with Gasteiger partial charge in [-0.05, 0) is 37.0 Å². The minimum absolute atomic E-state index is 0.186. The van der Waals surface area contributed by atoms with Crippen LogP contribution in [0.1, 0.15) is 37.8 Å². The van der Waals surface area contributed by atoms with Crippen molar-refractivity contribution in [1.29, 1.82) is 0 Å². The molecule has 0 N–H and O–H groups in total. The summed E-state index contributed by atoms with van der Waals surface area (Å²) in [5.74, 6) is 0.301. The van der Waals surface area contributed by atoms with Crippen LogP contribution in [0, 0.1) is 6.92 Å². The molecule has 100 valence electrons. The third-order valence-electron chi connectivity index (χ3n) is 2.98. The molecule has 0 radical (unpaired) electrons.